The minimum Gasteiger partial charge on any atom is -0.459 e. The molecule has 4 rings (SSSR count). The van der Waals surface area contributed by atoms with E-state index in [0.29, 0.717) is 5.39 Å². The molecule has 1 aromatic carbocycles. The van der Waals surface area contributed by atoms with Crippen LogP contribution in [0.25, 0.3) is 10.9 Å². The number of H-pyrrole nitrogens is 1. The number of carbonyl (C=O) groups is 2. The Labute approximate surface area is 167 Å². The number of halogens is 4. The number of furan rings is 1. The summed E-state index contributed by atoms with van der Waals surface area (Å²) in [7, 11) is 0. The van der Waals surface area contributed by atoms with E-state index in [2.05, 4.69) is 10.3 Å². The molecule has 10 heteroatoms. The molecule has 3 heterocycles. The topological polar surface area (TPSA) is 78.3 Å². The van der Waals surface area contributed by atoms with Crippen LogP contribution in [0.4, 0.5) is 17.6 Å². The van der Waals surface area contributed by atoms with Crippen LogP contribution in [0.2, 0.25) is 0 Å². The van der Waals surface area contributed by atoms with Crippen molar-refractivity contribution in [1.29, 1.82) is 0 Å². The first-order valence-corrected chi connectivity index (χ1v) is 9.13. The zero-order valence-corrected chi connectivity index (χ0v) is 15.7. The number of carbonyl (C=O) groups excluding carboxylic acids is 2. The Hall–Kier alpha value is -3.30. The predicted octanol–water partition coefficient (Wildman–Crippen LogP) is 3.64. The molecule has 0 radical (unpaired) electrons. The number of aromatic nitrogens is 1. The Balaban J connectivity index is 1.58. The summed E-state index contributed by atoms with van der Waals surface area (Å²) in [6.45, 7) is 0.772. The molecule has 2 atom stereocenters. The predicted molar refractivity (Wildman–Crippen MR) is 98.4 cm³/mol. The van der Waals surface area contributed by atoms with Crippen molar-refractivity contribution < 1.29 is 31.6 Å². The van der Waals surface area contributed by atoms with E-state index in [1.807, 2.05) is 0 Å². The molecule has 6 nitrogen and oxygen atoms in total. The molecule has 2 aromatic heterocycles. The number of hydrogen-bond acceptors (Lipinski definition) is 3. The third-order valence-corrected chi connectivity index (χ3v) is 5.28. The average molecular weight is 423 g/mol. The van der Waals surface area contributed by atoms with E-state index in [1.165, 1.54) is 30.5 Å². The van der Waals surface area contributed by atoms with Gasteiger partial charge in [-0.15, -0.1) is 0 Å². The fourth-order valence-electron chi connectivity index (χ4n) is 3.71. The van der Waals surface area contributed by atoms with Gasteiger partial charge in [0.1, 0.15) is 11.5 Å². The maximum atomic E-state index is 14.0. The normalized spacial score (nSPS) is 19.4. The molecule has 0 spiro atoms. The fraction of sp³-hybridized carbons (Fsp3) is 0.300. The molecule has 0 aliphatic carbocycles. The lowest BCUT2D eigenvalue weighted by Crippen LogP contribution is -2.45. The van der Waals surface area contributed by atoms with Crippen LogP contribution in [0.15, 0.2) is 41.0 Å². The number of aryl methyl sites for hydroxylation is 1. The summed E-state index contributed by atoms with van der Waals surface area (Å²) in [5.41, 5.74) is 0.824. The molecule has 2 amide bonds. The van der Waals surface area contributed by atoms with Gasteiger partial charge in [-0.1, -0.05) is 6.07 Å². The third kappa shape index (κ3) is 3.53. The molecule has 1 aliphatic rings. The zero-order chi connectivity index (χ0) is 21.6. The van der Waals surface area contributed by atoms with Crippen LogP contribution in [-0.4, -0.2) is 47.0 Å². The minimum atomic E-state index is -4.63. The first-order valence-electron chi connectivity index (χ1n) is 9.13. The Morgan fingerprint density at radius 3 is 2.63 bits per heavy atom. The number of amides is 2. The van der Waals surface area contributed by atoms with Gasteiger partial charge in [0.15, 0.2) is 5.76 Å². The van der Waals surface area contributed by atoms with Crippen molar-refractivity contribution in [1.82, 2.24) is 15.2 Å². The molecule has 158 valence electrons. The number of aromatic amines is 1. The highest BCUT2D eigenvalue weighted by atomic mass is 19.4. The lowest BCUT2D eigenvalue weighted by molar-refractivity contribution is -0.174. The number of fused-ring (bicyclic) bond motifs is 1. The van der Waals surface area contributed by atoms with E-state index in [9.17, 15) is 27.2 Å². The van der Waals surface area contributed by atoms with Crippen LogP contribution < -0.4 is 5.32 Å². The van der Waals surface area contributed by atoms with E-state index in [4.69, 9.17) is 4.42 Å². The quantitative estimate of drug-likeness (QED) is 0.632. The third-order valence-electron chi connectivity index (χ3n) is 5.28. The molecule has 2 N–H and O–H groups in total. The van der Waals surface area contributed by atoms with E-state index in [1.54, 1.807) is 13.0 Å². The highest BCUT2D eigenvalue weighted by Crippen LogP contribution is 2.35. The van der Waals surface area contributed by atoms with Crippen molar-refractivity contribution in [3.63, 3.8) is 0 Å². The standard InChI is InChI=1S/C20H17F4N3O3/c1-10-4-5-13(21)17-11(10)7-14(25-17)19(29)27-8-12(20(22,23)24)15(9-27)26-18(28)16-3-2-6-30-16/h2-7,12,15,25H,8-9H2,1H3,(H,26,28)/t12-,15-/m1/s1. The lowest BCUT2D eigenvalue weighted by Gasteiger charge is -2.21. The number of hydrogen-bond donors (Lipinski definition) is 2. The number of benzene rings is 1. The first-order chi connectivity index (χ1) is 14.1. The Bertz CT molecular complexity index is 1070. The minimum absolute atomic E-state index is 0.0165. The number of likely N-dealkylation sites (tertiary alicyclic amines) is 1. The molecular weight excluding hydrogens is 406 g/mol. The summed E-state index contributed by atoms with van der Waals surface area (Å²) in [5.74, 6) is -4.12. The van der Waals surface area contributed by atoms with Crippen molar-refractivity contribution in [2.24, 2.45) is 5.92 Å². The molecule has 30 heavy (non-hydrogen) atoms. The lowest BCUT2D eigenvalue weighted by atomic mass is 10.0. The van der Waals surface area contributed by atoms with Gasteiger partial charge in [-0.2, -0.15) is 13.2 Å². The Morgan fingerprint density at radius 2 is 2.00 bits per heavy atom. The van der Waals surface area contributed by atoms with Gasteiger partial charge in [-0.05, 0) is 36.8 Å². The first kappa shape index (κ1) is 20.0. The van der Waals surface area contributed by atoms with Crippen LogP contribution in [-0.2, 0) is 0 Å². The summed E-state index contributed by atoms with van der Waals surface area (Å²) < 4.78 is 59.6. The monoisotopic (exact) mass is 423 g/mol. The van der Waals surface area contributed by atoms with Crippen LogP contribution in [0, 0.1) is 18.7 Å². The summed E-state index contributed by atoms with van der Waals surface area (Å²) >= 11 is 0. The van der Waals surface area contributed by atoms with Crippen molar-refractivity contribution in [2.75, 3.05) is 13.1 Å². The van der Waals surface area contributed by atoms with E-state index in [-0.39, 0.29) is 23.5 Å². The molecule has 1 fully saturated rings. The number of nitrogens with zero attached hydrogens (tertiary/aromatic N) is 1. The smallest absolute Gasteiger partial charge is 0.395 e. The van der Waals surface area contributed by atoms with Gasteiger partial charge in [-0.3, -0.25) is 9.59 Å². The van der Waals surface area contributed by atoms with E-state index >= 15 is 0 Å². The molecule has 1 saturated heterocycles. The highest BCUT2D eigenvalue weighted by Gasteiger charge is 2.51. The summed E-state index contributed by atoms with van der Waals surface area (Å²) in [6, 6.07) is 5.66. The molecule has 0 bridgehead atoms. The van der Waals surface area contributed by atoms with Crippen LogP contribution in [0.3, 0.4) is 0 Å². The summed E-state index contributed by atoms with van der Waals surface area (Å²) in [6.07, 6.45) is -3.39. The van der Waals surface area contributed by atoms with Gasteiger partial charge in [0.2, 0.25) is 0 Å². The summed E-state index contributed by atoms with van der Waals surface area (Å²) in [4.78, 5) is 28.7. The van der Waals surface area contributed by atoms with Crippen molar-refractivity contribution in [2.45, 2.75) is 19.1 Å². The second kappa shape index (κ2) is 7.19. The van der Waals surface area contributed by atoms with Crippen LogP contribution in [0.5, 0.6) is 0 Å². The fourth-order valence-corrected chi connectivity index (χ4v) is 3.71. The second-order valence-corrected chi connectivity index (χ2v) is 7.25. The highest BCUT2D eigenvalue weighted by molar-refractivity contribution is 5.99. The van der Waals surface area contributed by atoms with Gasteiger partial charge in [0.25, 0.3) is 11.8 Å². The Morgan fingerprint density at radius 1 is 1.23 bits per heavy atom. The number of alkyl halides is 3. The van der Waals surface area contributed by atoms with Gasteiger partial charge >= 0.3 is 6.18 Å². The average Bonchev–Trinajstić information content (AvgIpc) is 3.42. The van der Waals surface area contributed by atoms with Crippen molar-refractivity contribution in [3.8, 4) is 0 Å². The van der Waals surface area contributed by atoms with Gasteiger partial charge in [0.05, 0.1) is 23.7 Å². The molecular formula is C20H17F4N3O3. The number of nitrogens with one attached hydrogen (secondary N) is 2. The molecule has 0 unspecified atom stereocenters. The summed E-state index contributed by atoms with van der Waals surface area (Å²) in [5, 5.41) is 2.78. The largest absolute Gasteiger partial charge is 0.459 e. The van der Waals surface area contributed by atoms with Gasteiger partial charge in [-0.25, -0.2) is 4.39 Å². The Kier molecular flexibility index (Phi) is 4.79. The molecule has 1 aliphatic heterocycles. The second-order valence-electron chi connectivity index (χ2n) is 7.25. The number of rotatable bonds is 3. The van der Waals surface area contributed by atoms with Crippen LogP contribution in [0.1, 0.15) is 26.6 Å². The van der Waals surface area contributed by atoms with Crippen LogP contribution >= 0.6 is 0 Å². The maximum absolute atomic E-state index is 14.0. The van der Waals surface area contributed by atoms with E-state index in [0.717, 1.165) is 10.5 Å². The van der Waals surface area contributed by atoms with Crippen molar-refractivity contribution >= 4 is 22.7 Å². The zero-order valence-electron chi connectivity index (χ0n) is 15.7. The molecule has 3 aromatic rings. The van der Waals surface area contributed by atoms with Gasteiger partial charge in [0, 0.05) is 18.5 Å². The van der Waals surface area contributed by atoms with Crippen molar-refractivity contribution in [3.05, 3.63) is 59.4 Å². The van der Waals surface area contributed by atoms with E-state index < -0.39 is 42.3 Å². The SMILES string of the molecule is Cc1ccc(F)c2[nH]c(C(=O)N3C[C@@H](C(F)(F)F)[C@H](NC(=O)c4ccco4)C3)cc12. The maximum Gasteiger partial charge on any atom is 0.395 e. The van der Waals surface area contributed by atoms with Gasteiger partial charge < -0.3 is 19.6 Å². The molecule has 0 saturated carbocycles.